The van der Waals surface area contributed by atoms with Crippen LogP contribution in [0, 0.1) is 25.5 Å². The van der Waals surface area contributed by atoms with Gasteiger partial charge in [-0.25, -0.2) is 8.78 Å². The Morgan fingerprint density at radius 1 is 1.00 bits per heavy atom. The number of nitrogens with two attached hydrogens (primary N) is 1. The molecule has 0 aromatic heterocycles. The summed E-state index contributed by atoms with van der Waals surface area (Å²) in [5.74, 6) is -1.88. The molecular weight excluding hydrogens is 248 g/mol. The van der Waals surface area contributed by atoms with Crippen molar-refractivity contribution in [3.8, 4) is 0 Å². The van der Waals surface area contributed by atoms with Gasteiger partial charge in [0.15, 0.2) is 5.78 Å². The molecule has 19 heavy (non-hydrogen) atoms. The van der Waals surface area contributed by atoms with Crippen molar-refractivity contribution in [2.24, 2.45) is 0 Å². The SMILES string of the molecule is Cc1cc(C(=O)c2cc(F)c(C)cc2F)ccc1N. The Morgan fingerprint density at radius 3 is 2.32 bits per heavy atom. The summed E-state index contributed by atoms with van der Waals surface area (Å²) >= 11 is 0. The topological polar surface area (TPSA) is 43.1 Å². The summed E-state index contributed by atoms with van der Waals surface area (Å²) in [6, 6.07) is 6.59. The summed E-state index contributed by atoms with van der Waals surface area (Å²) in [4.78, 5) is 12.1. The number of rotatable bonds is 2. The van der Waals surface area contributed by atoms with Gasteiger partial charge in [-0.2, -0.15) is 0 Å². The van der Waals surface area contributed by atoms with Crippen LogP contribution in [-0.2, 0) is 0 Å². The number of nitrogen functional groups attached to an aromatic ring is 1. The van der Waals surface area contributed by atoms with E-state index in [1.165, 1.54) is 13.0 Å². The van der Waals surface area contributed by atoms with E-state index in [2.05, 4.69) is 0 Å². The second-order valence-corrected chi connectivity index (χ2v) is 4.48. The molecule has 0 radical (unpaired) electrons. The predicted molar refractivity (Wildman–Crippen MR) is 70.1 cm³/mol. The summed E-state index contributed by atoms with van der Waals surface area (Å²) in [7, 11) is 0. The van der Waals surface area contributed by atoms with E-state index in [0.717, 1.165) is 17.7 Å². The normalized spacial score (nSPS) is 10.5. The summed E-state index contributed by atoms with van der Waals surface area (Å²) in [6.45, 7) is 3.19. The molecule has 2 N–H and O–H groups in total. The highest BCUT2D eigenvalue weighted by Gasteiger charge is 2.16. The van der Waals surface area contributed by atoms with Gasteiger partial charge in [0.1, 0.15) is 11.6 Å². The zero-order valence-electron chi connectivity index (χ0n) is 10.6. The Labute approximate surface area is 109 Å². The monoisotopic (exact) mass is 261 g/mol. The number of hydrogen-bond acceptors (Lipinski definition) is 2. The zero-order chi connectivity index (χ0) is 14.2. The van der Waals surface area contributed by atoms with Crippen molar-refractivity contribution >= 4 is 11.5 Å². The van der Waals surface area contributed by atoms with E-state index < -0.39 is 17.4 Å². The molecule has 0 amide bonds. The Morgan fingerprint density at radius 2 is 1.68 bits per heavy atom. The molecule has 0 aliphatic carbocycles. The predicted octanol–water partition coefficient (Wildman–Crippen LogP) is 3.39. The molecule has 0 unspecified atom stereocenters. The largest absolute Gasteiger partial charge is 0.399 e. The van der Waals surface area contributed by atoms with Crippen LogP contribution in [0.2, 0.25) is 0 Å². The number of anilines is 1. The number of benzene rings is 2. The number of ketones is 1. The maximum Gasteiger partial charge on any atom is 0.196 e. The van der Waals surface area contributed by atoms with Gasteiger partial charge in [0.2, 0.25) is 0 Å². The van der Waals surface area contributed by atoms with Crippen molar-refractivity contribution in [1.82, 2.24) is 0 Å². The molecular formula is C15H13F2NO. The number of carbonyl (C=O) groups is 1. The quantitative estimate of drug-likeness (QED) is 0.665. The molecule has 0 atom stereocenters. The zero-order valence-corrected chi connectivity index (χ0v) is 10.6. The van der Waals surface area contributed by atoms with Crippen molar-refractivity contribution < 1.29 is 13.6 Å². The highest BCUT2D eigenvalue weighted by Crippen LogP contribution is 2.20. The number of aryl methyl sites for hydroxylation is 2. The highest BCUT2D eigenvalue weighted by atomic mass is 19.1. The van der Waals surface area contributed by atoms with Crippen LogP contribution < -0.4 is 5.73 Å². The lowest BCUT2D eigenvalue weighted by Crippen LogP contribution is -2.06. The second kappa shape index (κ2) is 4.80. The maximum absolute atomic E-state index is 13.7. The van der Waals surface area contributed by atoms with Crippen LogP contribution in [0.4, 0.5) is 14.5 Å². The van der Waals surface area contributed by atoms with Crippen LogP contribution >= 0.6 is 0 Å². The molecule has 0 fully saturated rings. The lowest BCUT2D eigenvalue weighted by molar-refractivity contribution is 0.103. The summed E-state index contributed by atoms with van der Waals surface area (Å²) < 4.78 is 27.2. The molecule has 4 heteroatoms. The molecule has 0 spiro atoms. The Hall–Kier alpha value is -2.23. The fraction of sp³-hybridized carbons (Fsp3) is 0.133. The molecule has 0 bridgehead atoms. The van der Waals surface area contributed by atoms with E-state index in [1.807, 2.05) is 0 Å². The first-order chi connectivity index (χ1) is 8.90. The molecule has 2 aromatic carbocycles. The van der Waals surface area contributed by atoms with Crippen LogP contribution in [0.5, 0.6) is 0 Å². The van der Waals surface area contributed by atoms with Gasteiger partial charge in [0.05, 0.1) is 5.56 Å². The molecule has 0 heterocycles. The van der Waals surface area contributed by atoms with Crippen LogP contribution in [0.3, 0.4) is 0 Å². The Bertz CT molecular complexity index is 665. The van der Waals surface area contributed by atoms with Crippen molar-refractivity contribution in [3.05, 3.63) is 64.2 Å². The molecule has 0 saturated heterocycles. The van der Waals surface area contributed by atoms with Gasteiger partial charge in [-0.05, 0) is 55.3 Å². The lowest BCUT2D eigenvalue weighted by Gasteiger charge is -2.07. The minimum atomic E-state index is -0.724. The van der Waals surface area contributed by atoms with Crippen molar-refractivity contribution in [1.29, 1.82) is 0 Å². The minimum Gasteiger partial charge on any atom is -0.399 e. The van der Waals surface area contributed by atoms with Crippen LogP contribution in [0.15, 0.2) is 30.3 Å². The number of carbonyl (C=O) groups excluding carboxylic acids is 1. The molecule has 2 aromatic rings. The van der Waals surface area contributed by atoms with Gasteiger partial charge in [0, 0.05) is 11.3 Å². The molecule has 0 aliphatic heterocycles. The summed E-state index contributed by atoms with van der Waals surface area (Å²) in [5.41, 5.74) is 7.11. The van der Waals surface area contributed by atoms with E-state index in [9.17, 15) is 13.6 Å². The first kappa shape index (κ1) is 13.2. The minimum absolute atomic E-state index is 0.169. The van der Waals surface area contributed by atoms with Crippen molar-refractivity contribution in [3.63, 3.8) is 0 Å². The molecule has 0 aliphatic rings. The maximum atomic E-state index is 13.7. The average molecular weight is 261 g/mol. The van der Waals surface area contributed by atoms with Crippen LogP contribution in [0.25, 0.3) is 0 Å². The van der Waals surface area contributed by atoms with Gasteiger partial charge in [0.25, 0.3) is 0 Å². The fourth-order valence-electron chi connectivity index (χ4n) is 1.79. The van der Waals surface area contributed by atoms with E-state index in [0.29, 0.717) is 5.69 Å². The third-order valence-electron chi connectivity index (χ3n) is 3.02. The third kappa shape index (κ3) is 2.47. The first-order valence-electron chi connectivity index (χ1n) is 5.76. The first-order valence-corrected chi connectivity index (χ1v) is 5.76. The smallest absolute Gasteiger partial charge is 0.196 e. The van der Waals surface area contributed by atoms with Gasteiger partial charge in [-0.15, -0.1) is 0 Å². The van der Waals surface area contributed by atoms with E-state index in [-0.39, 0.29) is 16.7 Å². The van der Waals surface area contributed by atoms with Crippen LogP contribution in [0.1, 0.15) is 27.0 Å². The van der Waals surface area contributed by atoms with Crippen LogP contribution in [-0.4, -0.2) is 5.78 Å². The van der Waals surface area contributed by atoms with Gasteiger partial charge in [-0.3, -0.25) is 4.79 Å². The Balaban J connectivity index is 2.49. The molecule has 98 valence electrons. The standard InChI is InChI=1S/C15H13F2NO/c1-8-6-13(17)11(7-12(8)16)15(19)10-3-4-14(18)9(2)5-10/h3-7H,18H2,1-2H3. The van der Waals surface area contributed by atoms with Gasteiger partial charge < -0.3 is 5.73 Å². The Kier molecular flexibility index (Phi) is 3.34. The summed E-state index contributed by atoms with van der Waals surface area (Å²) in [6.07, 6.45) is 0. The molecule has 0 saturated carbocycles. The fourth-order valence-corrected chi connectivity index (χ4v) is 1.79. The van der Waals surface area contributed by atoms with Gasteiger partial charge in [-0.1, -0.05) is 0 Å². The second-order valence-electron chi connectivity index (χ2n) is 4.48. The van der Waals surface area contributed by atoms with E-state index in [4.69, 9.17) is 5.73 Å². The van der Waals surface area contributed by atoms with Crippen molar-refractivity contribution in [2.75, 3.05) is 5.73 Å². The third-order valence-corrected chi connectivity index (χ3v) is 3.02. The average Bonchev–Trinajstić information content (AvgIpc) is 2.36. The molecule has 2 nitrogen and oxygen atoms in total. The van der Waals surface area contributed by atoms with E-state index >= 15 is 0 Å². The number of halogens is 2. The van der Waals surface area contributed by atoms with Gasteiger partial charge >= 0.3 is 0 Å². The molecule has 2 rings (SSSR count). The lowest BCUT2D eigenvalue weighted by atomic mass is 9.99. The highest BCUT2D eigenvalue weighted by molar-refractivity contribution is 6.09. The van der Waals surface area contributed by atoms with E-state index in [1.54, 1.807) is 19.1 Å². The van der Waals surface area contributed by atoms with Crippen molar-refractivity contribution in [2.45, 2.75) is 13.8 Å². The number of hydrogen-bond donors (Lipinski definition) is 1. The summed E-state index contributed by atoms with van der Waals surface area (Å²) in [5, 5.41) is 0.